The highest BCUT2D eigenvalue weighted by Crippen LogP contribution is 2.30. The molecular formula is C27H26ClNO4. The summed E-state index contributed by atoms with van der Waals surface area (Å²) < 4.78 is 36.7. The molecule has 0 fully saturated rings. The topological polar surface area (TPSA) is 96.1 Å². The summed E-state index contributed by atoms with van der Waals surface area (Å²) in [7, 11) is -4.94. The number of halogens is 1. The molecule has 0 N–H and O–H groups in total. The van der Waals surface area contributed by atoms with Gasteiger partial charge in [-0.25, -0.2) is 18.6 Å². The Bertz CT molecular complexity index is 1290. The van der Waals surface area contributed by atoms with Gasteiger partial charge in [-0.15, -0.1) is 10.2 Å². The molecule has 3 aromatic carbocycles. The third-order valence-corrected chi connectivity index (χ3v) is 6.81. The van der Waals surface area contributed by atoms with E-state index in [9.17, 15) is 0 Å². The number of aromatic nitrogens is 1. The minimum absolute atomic E-state index is 1.21. The van der Waals surface area contributed by atoms with Gasteiger partial charge < -0.3 is 0 Å². The zero-order chi connectivity index (χ0) is 23.0. The van der Waals surface area contributed by atoms with E-state index in [0.717, 1.165) is 0 Å². The molecule has 0 aliphatic heterocycles. The molecule has 0 atom stereocenters. The Morgan fingerprint density at radius 1 is 0.576 bits per heavy atom. The average Bonchev–Trinajstić information content (AvgIpc) is 2.80. The van der Waals surface area contributed by atoms with Crippen LogP contribution in [0.25, 0.3) is 27.2 Å². The minimum atomic E-state index is -4.94. The van der Waals surface area contributed by atoms with Gasteiger partial charge in [-0.05, 0) is 72.9 Å². The van der Waals surface area contributed by atoms with E-state index in [0.29, 0.717) is 0 Å². The van der Waals surface area contributed by atoms with Crippen molar-refractivity contribution in [2.75, 3.05) is 0 Å². The summed E-state index contributed by atoms with van der Waals surface area (Å²) in [5, 5.41) is 5.40. The number of hydrogen-bond donors (Lipinski definition) is 0. The summed E-state index contributed by atoms with van der Waals surface area (Å²) in [5.41, 5.74) is 7.75. The van der Waals surface area contributed by atoms with Gasteiger partial charge in [-0.3, -0.25) is 0 Å². The van der Waals surface area contributed by atoms with Crippen LogP contribution >= 0.6 is 0 Å². The average molecular weight is 464 g/mol. The summed E-state index contributed by atoms with van der Waals surface area (Å²) in [6.07, 6.45) is 10.2. The first kappa shape index (κ1) is 22.3. The number of pyridine rings is 1. The molecule has 2 aliphatic rings. The van der Waals surface area contributed by atoms with Crippen LogP contribution in [0.2, 0.25) is 0 Å². The van der Waals surface area contributed by atoms with Crippen molar-refractivity contribution in [2.45, 2.75) is 51.4 Å². The molecule has 5 nitrogen and oxygen atoms in total. The van der Waals surface area contributed by atoms with Crippen molar-refractivity contribution in [2.24, 2.45) is 0 Å². The van der Waals surface area contributed by atoms with Gasteiger partial charge >= 0.3 is 0 Å². The van der Waals surface area contributed by atoms with E-state index in [1.165, 1.54) is 78.6 Å². The lowest BCUT2D eigenvalue weighted by Crippen LogP contribution is -2.68. The van der Waals surface area contributed by atoms with Gasteiger partial charge in [0.15, 0.2) is 11.4 Å². The summed E-state index contributed by atoms with van der Waals surface area (Å²) in [5.74, 6) is 0. The van der Waals surface area contributed by atoms with Crippen LogP contribution in [0.5, 0.6) is 0 Å². The molecule has 170 valence electrons. The molecule has 4 aromatic rings. The first-order valence-electron chi connectivity index (χ1n) is 11.5. The van der Waals surface area contributed by atoms with E-state index in [1.54, 1.807) is 22.5 Å². The van der Waals surface area contributed by atoms with E-state index in [-0.39, 0.29) is 0 Å². The van der Waals surface area contributed by atoms with Crippen molar-refractivity contribution in [1.82, 2.24) is 0 Å². The fraction of sp³-hybridized carbons (Fsp3) is 0.296. The van der Waals surface area contributed by atoms with Crippen LogP contribution in [0, 0.1) is 10.2 Å². The predicted molar refractivity (Wildman–Crippen MR) is 116 cm³/mol. The second kappa shape index (κ2) is 9.01. The quantitative estimate of drug-likeness (QED) is 0.313. The van der Waals surface area contributed by atoms with Gasteiger partial charge in [-0.2, -0.15) is 4.57 Å². The lowest BCUT2D eigenvalue weighted by Gasteiger charge is -2.22. The number of aryl methyl sites for hydroxylation is 2. The summed E-state index contributed by atoms with van der Waals surface area (Å²) in [6.45, 7) is 0. The highest BCUT2D eigenvalue weighted by Gasteiger charge is 2.31. The van der Waals surface area contributed by atoms with Crippen molar-refractivity contribution in [3.05, 3.63) is 83.2 Å². The van der Waals surface area contributed by atoms with Crippen LogP contribution in [0.1, 0.15) is 48.2 Å². The Hall–Kier alpha value is -2.54. The molecule has 0 saturated heterocycles. The zero-order valence-corrected chi connectivity index (χ0v) is 19.1. The maximum absolute atomic E-state index is 8.49. The Balaban J connectivity index is 0.000000416. The van der Waals surface area contributed by atoms with Gasteiger partial charge in [0.2, 0.25) is 5.69 Å². The lowest BCUT2D eigenvalue weighted by molar-refractivity contribution is -2.00. The maximum Gasteiger partial charge on any atom is 0.218 e. The fourth-order valence-corrected chi connectivity index (χ4v) is 5.46. The molecule has 0 unspecified atom stereocenters. The van der Waals surface area contributed by atoms with E-state index in [1.807, 2.05) is 0 Å². The van der Waals surface area contributed by atoms with Gasteiger partial charge in [0.1, 0.15) is 0 Å². The Morgan fingerprint density at radius 2 is 1.09 bits per heavy atom. The Kier molecular flexibility index (Phi) is 6.08. The molecule has 0 saturated carbocycles. The van der Waals surface area contributed by atoms with E-state index in [4.69, 9.17) is 18.6 Å². The smallest absolute Gasteiger partial charge is 0.218 e. The van der Waals surface area contributed by atoms with Crippen LogP contribution < -0.4 is 23.2 Å². The molecule has 0 spiro atoms. The summed E-state index contributed by atoms with van der Waals surface area (Å²) >= 11 is 0. The SMILES string of the molecule is [O-][Cl+3]([O-])([O-])[O-].c1ccc2cc3c(-[n+]4c5c(cc6c4CCCC6)CCCC5)cccc3cc2c1. The van der Waals surface area contributed by atoms with Crippen molar-refractivity contribution in [3.8, 4) is 5.69 Å². The largest absolute Gasteiger partial charge is 0.222 e. The van der Waals surface area contributed by atoms with Crippen LogP contribution in [0.15, 0.2) is 60.7 Å². The highest BCUT2D eigenvalue weighted by atomic mass is 35.7. The van der Waals surface area contributed by atoms with E-state index >= 15 is 0 Å². The highest BCUT2D eigenvalue weighted by molar-refractivity contribution is 6.00. The molecule has 1 heterocycles. The standard InChI is InChI=1S/C27H26N.ClHO4/c1-2-9-20-18-24-21(16-19(20)8-1)12-7-15-27(24)28-25-13-5-3-10-22(25)17-23-11-4-6-14-26(23)28;2-1(3,4)5/h1-2,7-9,12,15-18H,3-6,10-11,13-14H2;(H,2,3,4,5)/q+1;/p-1. The van der Waals surface area contributed by atoms with Crippen molar-refractivity contribution >= 4 is 21.5 Å². The monoisotopic (exact) mass is 463 g/mol. The third kappa shape index (κ3) is 4.74. The first-order chi connectivity index (χ1) is 15.9. The van der Waals surface area contributed by atoms with Gasteiger partial charge in [-0.1, -0.05) is 36.4 Å². The zero-order valence-electron chi connectivity index (χ0n) is 18.4. The Labute approximate surface area is 195 Å². The molecule has 6 rings (SSSR count). The number of benzene rings is 3. The molecule has 6 heteroatoms. The van der Waals surface area contributed by atoms with Crippen LogP contribution in [-0.4, -0.2) is 0 Å². The maximum atomic E-state index is 8.49. The lowest BCUT2D eigenvalue weighted by atomic mass is 9.88. The van der Waals surface area contributed by atoms with Crippen molar-refractivity contribution in [3.63, 3.8) is 0 Å². The van der Waals surface area contributed by atoms with Crippen LogP contribution in [0.4, 0.5) is 0 Å². The van der Waals surface area contributed by atoms with Gasteiger partial charge in [0.25, 0.3) is 0 Å². The predicted octanol–water partition coefficient (Wildman–Crippen LogP) is 1.27. The number of nitrogens with zero attached hydrogens (tertiary/aromatic N) is 1. The molecule has 0 amide bonds. The minimum Gasteiger partial charge on any atom is -0.222 e. The molecule has 0 bridgehead atoms. The molecule has 2 aliphatic carbocycles. The second-order valence-corrected chi connectivity index (χ2v) is 9.67. The summed E-state index contributed by atoms with van der Waals surface area (Å²) in [6, 6.07) is 22.9. The van der Waals surface area contributed by atoms with Crippen molar-refractivity contribution in [1.29, 1.82) is 0 Å². The van der Waals surface area contributed by atoms with Gasteiger partial charge in [0, 0.05) is 30.0 Å². The third-order valence-electron chi connectivity index (χ3n) is 6.81. The number of fused-ring (bicyclic) bond motifs is 4. The van der Waals surface area contributed by atoms with E-state index in [2.05, 4.69) is 65.2 Å². The van der Waals surface area contributed by atoms with Crippen LogP contribution in [-0.2, 0) is 25.7 Å². The number of hydrogen-bond acceptors (Lipinski definition) is 4. The van der Waals surface area contributed by atoms with E-state index < -0.39 is 10.2 Å². The van der Waals surface area contributed by atoms with Crippen LogP contribution in [0.3, 0.4) is 0 Å². The molecule has 1 aromatic heterocycles. The molecule has 33 heavy (non-hydrogen) atoms. The fourth-order valence-electron chi connectivity index (χ4n) is 5.46. The number of rotatable bonds is 1. The first-order valence-corrected chi connectivity index (χ1v) is 12.7. The molecule has 0 radical (unpaired) electrons. The summed E-state index contributed by atoms with van der Waals surface area (Å²) in [4.78, 5) is 0. The van der Waals surface area contributed by atoms with Gasteiger partial charge in [0.05, 0.1) is 5.39 Å². The Morgan fingerprint density at radius 3 is 1.70 bits per heavy atom. The van der Waals surface area contributed by atoms with Crippen molar-refractivity contribution < 1.29 is 33.4 Å². The normalized spacial score (nSPS) is 15.5. The molecular weight excluding hydrogens is 438 g/mol. The second-order valence-electron chi connectivity index (χ2n) is 8.91.